The van der Waals surface area contributed by atoms with Gasteiger partial charge in [0, 0.05) is 5.70 Å². The summed E-state index contributed by atoms with van der Waals surface area (Å²) in [6.45, 7) is 3.88. The Morgan fingerprint density at radius 2 is 1.14 bits per heavy atom. The van der Waals surface area contributed by atoms with Gasteiger partial charge in [0.1, 0.15) is 0 Å². The molecule has 2 N–H and O–H groups in total. The summed E-state index contributed by atoms with van der Waals surface area (Å²) in [5.74, 6) is 0. The summed E-state index contributed by atoms with van der Waals surface area (Å²) in [5, 5.41) is 5.14. The van der Waals surface area contributed by atoms with Crippen molar-refractivity contribution in [2.45, 2.75) is 5.41 Å². The lowest BCUT2D eigenvalue weighted by atomic mass is 9.69. The highest BCUT2D eigenvalue weighted by Gasteiger charge is 2.52. The molecular formula is C41H27N. The Balaban J connectivity index is 1.40. The quantitative estimate of drug-likeness (QED) is 0.235. The smallest absolute Gasteiger partial charge is 0.0731 e. The van der Waals surface area contributed by atoms with Gasteiger partial charge in [-0.15, -0.1) is 0 Å². The average Bonchev–Trinajstić information content (AvgIpc) is 3.52. The summed E-state index contributed by atoms with van der Waals surface area (Å²) in [6.07, 6.45) is 0. The Hall–Kier alpha value is -5.40. The van der Waals surface area contributed by atoms with Crippen LogP contribution in [0.5, 0.6) is 0 Å². The molecule has 42 heavy (non-hydrogen) atoms. The summed E-state index contributed by atoms with van der Waals surface area (Å²) >= 11 is 0. The summed E-state index contributed by atoms with van der Waals surface area (Å²) in [6, 6.07) is 51.6. The van der Waals surface area contributed by atoms with Crippen molar-refractivity contribution in [1.82, 2.24) is 0 Å². The molecule has 0 saturated carbocycles. The first-order valence-corrected chi connectivity index (χ1v) is 14.5. The molecule has 9 rings (SSSR count). The van der Waals surface area contributed by atoms with E-state index in [2.05, 4.69) is 134 Å². The van der Waals surface area contributed by atoms with Crippen LogP contribution in [-0.4, -0.2) is 0 Å². The van der Waals surface area contributed by atoms with Crippen molar-refractivity contribution in [1.29, 1.82) is 0 Å². The SMILES string of the molecule is C=C(N)c1ccc(-c2ccc3c4c(ccc3c2)-c2c(ccc3ccccc23)C42c3ccccc3-c3ccccc32)cc1. The van der Waals surface area contributed by atoms with Crippen molar-refractivity contribution >= 4 is 27.2 Å². The van der Waals surface area contributed by atoms with Crippen molar-refractivity contribution in [3.05, 3.63) is 174 Å². The first-order chi connectivity index (χ1) is 20.7. The van der Waals surface area contributed by atoms with E-state index >= 15 is 0 Å². The summed E-state index contributed by atoms with van der Waals surface area (Å²) in [5.41, 5.74) is 20.3. The van der Waals surface area contributed by atoms with Crippen LogP contribution in [0.2, 0.25) is 0 Å². The van der Waals surface area contributed by atoms with E-state index in [4.69, 9.17) is 5.73 Å². The maximum Gasteiger partial charge on any atom is 0.0731 e. The van der Waals surface area contributed by atoms with Gasteiger partial charge >= 0.3 is 0 Å². The molecule has 7 aromatic rings. The van der Waals surface area contributed by atoms with Crippen molar-refractivity contribution in [3.8, 4) is 33.4 Å². The second kappa shape index (κ2) is 8.31. The van der Waals surface area contributed by atoms with Gasteiger partial charge in [-0.3, -0.25) is 0 Å². The van der Waals surface area contributed by atoms with E-state index in [1.54, 1.807) is 0 Å². The minimum atomic E-state index is -0.383. The third-order valence-corrected chi connectivity index (χ3v) is 9.54. The van der Waals surface area contributed by atoms with Crippen LogP contribution in [-0.2, 0) is 5.41 Å². The Labute approximate surface area is 245 Å². The Bertz CT molecular complexity index is 2220. The Kier molecular flexibility index (Phi) is 4.62. The van der Waals surface area contributed by atoms with Gasteiger partial charge in [-0.05, 0) is 88.8 Å². The van der Waals surface area contributed by atoms with Crippen molar-refractivity contribution in [2.24, 2.45) is 5.73 Å². The molecule has 0 aromatic heterocycles. The fourth-order valence-corrected chi connectivity index (χ4v) is 7.80. The van der Waals surface area contributed by atoms with E-state index in [1.807, 2.05) is 12.1 Å². The predicted molar refractivity (Wildman–Crippen MR) is 176 cm³/mol. The van der Waals surface area contributed by atoms with Gasteiger partial charge in [-0.1, -0.05) is 140 Å². The molecule has 0 saturated heterocycles. The minimum absolute atomic E-state index is 0.383. The van der Waals surface area contributed by atoms with Crippen LogP contribution >= 0.6 is 0 Å². The number of rotatable bonds is 2. The molecule has 7 aromatic carbocycles. The molecule has 0 atom stereocenters. The first-order valence-electron chi connectivity index (χ1n) is 14.5. The van der Waals surface area contributed by atoms with Crippen LogP contribution in [0.25, 0.3) is 60.6 Å². The molecule has 0 aliphatic heterocycles. The third-order valence-electron chi connectivity index (χ3n) is 9.54. The van der Waals surface area contributed by atoms with Crippen molar-refractivity contribution in [3.63, 3.8) is 0 Å². The summed E-state index contributed by atoms with van der Waals surface area (Å²) in [4.78, 5) is 0. The highest BCUT2D eigenvalue weighted by Crippen LogP contribution is 2.65. The lowest BCUT2D eigenvalue weighted by molar-refractivity contribution is 0.802. The molecule has 0 unspecified atom stereocenters. The number of hydrogen-bond donors (Lipinski definition) is 1. The molecule has 0 fully saturated rings. The fraction of sp³-hybridized carbons (Fsp3) is 0.0244. The van der Waals surface area contributed by atoms with Crippen molar-refractivity contribution in [2.75, 3.05) is 0 Å². The number of fused-ring (bicyclic) bond motifs is 14. The molecule has 196 valence electrons. The zero-order valence-electron chi connectivity index (χ0n) is 23.1. The molecule has 2 aliphatic carbocycles. The van der Waals surface area contributed by atoms with E-state index in [-0.39, 0.29) is 5.41 Å². The molecule has 1 heteroatoms. The lowest BCUT2D eigenvalue weighted by Crippen LogP contribution is -2.26. The second-order valence-electron chi connectivity index (χ2n) is 11.6. The maximum atomic E-state index is 5.93. The number of hydrogen-bond acceptors (Lipinski definition) is 1. The molecule has 0 radical (unpaired) electrons. The maximum absolute atomic E-state index is 5.93. The Morgan fingerprint density at radius 1 is 0.500 bits per heavy atom. The molecule has 0 heterocycles. The Morgan fingerprint density at radius 3 is 1.88 bits per heavy atom. The van der Waals surface area contributed by atoms with Gasteiger partial charge in [-0.2, -0.15) is 0 Å². The molecule has 1 nitrogen and oxygen atoms in total. The van der Waals surface area contributed by atoms with Crippen LogP contribution in [0.3, 0.4) is 0 Å². The van der Waals surface area contributed by atoms with E-state index in [1.165, 1.54) is 77.2 Å². The van der Waals surface area contributed by atoms with Crippen LogP contribution < -0.4 is 5.73 Å². The number of benzene rings is 7. The van der Waals surface area contributed by atoms with E-state index < -0.39 is 0 Å². The monoisotopic (exact) mass is 533 g/mol. The molecule has 0 amide bonds. The standard InChI is InChI=1S/C41H27N/c1-25(42)26-14-16-27(17-15-26)29-18-21-32-30(24-29)19-22-35-39-31-9-3-2-8-28(31)20-23-38(39)41(40(32)35)36-12-6-4-10-33(36)34-11-5-7-13-37(34)41/h2-24H,1,42H2. The van der Waals surface area contributed by atoms with Gasteiger partial charge in [0.05, 0.1) is 5.41 Å². The van der Waals surface area contributed by atoms with Gasteiger partial charge in [0.25, 0.3) is 0 Å². The van der Waals surface area contributed by atoms with Crippen LogP contribution in [0.1, 0.15) is 27.8 Å². The van der Waals surface area contributed by atoms with Crippen LogP contribution in [0.4, 0.5) is 0 Å². The largest absolute Gasteiger partial charge is 0.399 e. The van der Waals surface area contributed by atoms with Gasteiger partial charge in [0.15, 0.2) is 0 Å². The zero-order valence-corrected chi connectivity index (χ0v) is 23.1. The molecular weight excluding hydrogens is 506 g/mol. The molecule has 1 spiro atoms. The summed E-state index contributed by atoms with van der Waals surface area (Å²) in [7, 11) is 0. The summed E-state index contributed by atoms with van der Waals surface area (Å²) < 4.78 is 0. The topological polar surface area (TPSA) is 26.0 Å². The van der Waals surface area contributed by atoms with Gasteiger partial charge in [-0.25, -0.2) is 0 Å². The average molecular weight is 534 g/mol. The fourth-order valence-electron chi connectivity index (χ4n) is 7.80. The number of nitrogens with two attached hydrogens (primary N) is 1. The lowest BCUT2D eigenvalue weighted by Gasteiger charge is -2.31. The first kappa shape index (κ1) is 23.3. The van der Waals surface area contributed by atoms with E-state index in [0.29, 0.717) is 5.70 Å². The van der Waals surface area contributed by atoms with Crippen LogP contribution in [0.15, 0.2) is 146 Å². The normalized spacial score (nSPS) is 13.6. The second-order valence-corrected chi connectivity index (χ2v) is 11.6. The van der Waals surface area contributed by atoms with Crippen LogP contribution in [0, 0.1) is 0 Å². The van der Waals surface area contributed by atoms with Gasteiger partial charge in [0.2, 0.25) is 0 Å². The third kappa shape index (κ3) is 2.87. The van der Waals surface area contributed by atoms with E-state index in [0.717, 1.165) is 5.56 Å². The van der Waals surface area contributed by atoms with Crippen molar-refractivity contribution < 1.29 is 0 Å². The van der Waals surface area contributed by atoms with Gasteiger partial charge < -0.3 is 5.73 Å². The molecule has 0 bridgehead atoms. The minimum Gasteiger partial charge on any atom is -0.399 e. The highest BCUT2D eigenvalue weighted by atomic mass is 14.6. The highest BCUT2D eigenvalue weighted by molar-refractivity contribution is 6.11. The molecule has 2 aliphatic rings. The predicted octanol–water partition coefficient (Wildman–Crippen LogP) is 9.93. The van der Waals surface area contributed by atoms with E-state index in [9.17, 15) is 0 Å². The zero-order chi connectivity index (χ0) is 28.0.